The Morgan fingerprint density at radius 1 is 1.19 bits per heavy atom. The van der Waals surface area contributed by atoms with E-state index in [1.807, 2.05) is 6.92 Å². The minimum absolute atomic E-state index is 0.0816. The number of amides is 1. The number of nitrogens with one attached hydrogen (secondary N) is 1. The smallest absolute Gasteiger partial charge is 0.306 e. The summed E-state index contributed by atoms with van der Waals surface area (Å²) in [5.74, 6) is 1.03. The van der Waals surface area contributed by atoms with Gasteiger partial charge in [-0.1, -0.05) is 13.8 Å². The van der Waals surface area contributed by atoms with Crippen LogP contribution in [0.2, 0.25) is 0 Å². The largest absolute Gasteiger partial charge is 0.466 e. The second-order valence-corrected chi connectivity index (χ2v) is 7.01. The van der Waals surface area contributed by atoms with Crippen LogP contribution in [0.4, 0.5) is 0 Å². The lowest BCUT2D eigenvalue weighted by Crippen LogP contribution is -2.43. The van der Waals surface area contributed by atoms with Crippen molar-refractivity contribution in [2.45, 2.75) is 71.8 Å². The standard InChI is InChI=1S/C17H29NO3/c1-4-21-15(19)11-13-5-7-14(8-6-13)18-16(20)17(9-10-17)12(2)3/h12-14H,4-11H2,1-3H3,(H,18,20)/t13-,14-. The topological polar surface area (TPSA) is 55.4 Å². The maximum absolute atomic E-state index is 12.4. The van der Waals surface area contributed by atoms with Crippen molar-refractivity contribution >= 4 is 11.9 Å². The van der Waals surface area contributed by atoms with Crippen LogP contribution in [0.3, 0.4) is 0 Å². The number of rotatable bonds is 6. The highest BCUT2D eigenvalue weighted by molar-refractivity contribution is 5.85. The van der Waals surface area contributed by atoms with Crippen LogP contribution in [0, 0.1) is 17.3 Å². The summed E-state index contributed by atoms with van der Waals surface area (Å²) < 4.78 is 5.01. The molecule has 0 heterocycles. The summed E-state index contributed by atoms with van der Waals surface area (Å²) in [5.41, 5.74) is -0.0816. The van der Waals surface area contributed by atoms with Crippen LogP contribution in [-0.4, -0.2) is 24.5 Å². The third-order valence-electron chi connectivity index (χ3n) is 5.29. The fraction of sp³-hybridized carbons (Fsp3) is 0.882. The van der Waals surface area contributed by atoms with E-state index in [9.17, 15) is 9.59 Å². The first kappa shape index (κ1) is 16.3. The first-order valence-corrected chi connectivity index (χ1v) is 8.44. The van der Waals surface area contributed by atoms with Crippen LogP contribution in [0.25, 0.3) is 0 Å². The number of esters is 1. The Morgan fingerprint density at radius 2 is 1.81 bits per heavy atom. The molecule has 0 aromatic rings. The van der Waals surface area contributed by atoms with Gasteiger partial charge in [0, 0.05) is 12.5 Å². The zero-order chi connectivity index (χ0) is 15.5. The van der Waals surface area contributed by atoms with Crippen molar-refractivity contribution in [2.75, 3.05) is 6.61 Å². The first-order valence-electron chi connectivity index (χ1n) is 8.44. The van der Waals surface area contributed by atoms with Crippen LogP contribution in [0.5, 0.6) is 0 Å². The van der Waals surface area contributed by atoms with Crippen molar-refractivity contribution in [2.24, 2.45) is 17.3 Å². The van der Waals surface area contributed by atoms with Crippen molar-refractivity contribution in [3.05, 3.63) is 0 Å². The van der Waals surface area contributed by atoms with Crippen LogP contribution in [0.1, 0.15) is 65.7 Å². The summed E-state index contributed by atoms with van der Waals surface area (Å²) in [7, 11) is 0. The van der Waals surface area contributed by atoms with Gasteiger partial charge in [0.1, 0.15) is 0 Å². The van der Waals surface area contributed by atoms with Gasteiger partial charge < -0.3 is 10.1 Å². The summed E-state index contributed by atoms with van der Waals surface area (Å²) in [4.78, 5) is 23.9. The van der Waals surface area contributed by atoms with Gasteiger partial charge in [-0.3, -0.25) is 9.59 Å². The lowest BCUT2D eigenvalue weighted by molar-refractivity contribution is -0.144. The molecule has 1 amide bonds. The second kappa shape index (κ2) is 6.80. The normalized spacial score (nSPS) is 27.2. The minimum Gasteiger partial charge on any atom is -0.466 e. The molecule has 1 N–H and O–H groups in total. The van der Waals surface area contributed by atoms with Gasteiger partial charge in [0.15, 0.2) is 0 Å². The molecular formula is C17H29NO3. The average molecular weight is 295 g/mol. The highest BCUT2D eigenvalue weighted by atomic mass is 16.5. The highest BCUT2D eigenvalue weighted by Gasteiger charge is 2.52. The van der Waals surface area contributed by atoms with Crippen molar-refractivity contribution in [1.82, 2.24) is 5.32 Å². The predicted octanol–water partition coefficient (Wildman–Crippen LogP) is 3.05. The van der Waals surface area contributed by atoms with E-state index in [-0.39, 0.29) is 17.3 Å². The van der Waals surface area contributed by atoms with E-state index in [1.54, 1.807) is 0 Å². The number of hydrogen-bond acceptors (Lipinski definition) is 3. The lowest BCUT2D eigenvalue weighted by Gasteiger charge is -2.30. The summed E-state index contributed by atoms with van der Waals surface area (Å²) in [6.45, 7) is 6.58. The molecule has 21 heavy (non-hydrogen) atoms. The molecule has 2 aliphatic rings. The molecule has 0 spiro atoms. The first-order chi connectivity index (χ1) is 9.98. The molecule has 0 aromatic carbocycles. The van der Waals surface area contributed by atoms with Crippen LogP contribution < -0.4 is 5.32 Å². The fourth-order valence-corrected chi connectivity index (χ4v) is 3.50. The van der Waals surface area contributed by atoms with E-state index in [0.717, 1.165) is 38.5 Å². The molecule has 4 heteroatoms. The zero-order valence-electron chi connectivity index (χ0n) is 13.6. The monoisotopic (exact) mass is 295 g/mol. The summed E-state index contributed by atoms with van der Waals surface area (Å²) in [6.07, 6.45) is 6.61. The van der Waals surface area contributed by atoms with Crippen LogP contribution in [0.15, 0.2) is 0 Å². The molecule has 2 saturated carbocycles. The van der Waals surface area contributed by atoms with Gasteiger partial charge in [-0.2, -0.15) is 0 Å². The average Bonchev–Trinajstić information content (AvgIpc) is 3.22. The van der Waals surface area contributed by atoms with Gasteiger partial charge >= 0.3 is 5.97 Å². The molecule has 0 aromatic heterocycles. The Balaban J connectivity index is 1.72. The molecule has 0 saturated heterocycles. The number of carbonyl (C=O) groups is 2. The van der Waals surface area contributed by atoms with Gasteiger partial charge in [-0.25, -0.2) is 0 Å². The van der Waals surface area contributed by atoms with Crippen LogP contribution in [-0.2, 0) is 14.3 Å². The zero-order valence-corrected chi connectivity index (χ0v) is 13.6. The van der Waals surface area contributed by atoms with Crippen molar-refractivity contribution in [3.63, 3.8) is 0 Å². The maximum atomic E-state index is 12.4. The molecule has 2 aliphatic carbocycles. The third kappa shape index (κ3) is 3.98. The van der Waals surface area contributed by atoms with E-state index < -0.39 is 0 Å². The van der Waals surface area contributed by atoms with Gasteiger partial charge in [0.25, 0.3) is 0 Å². The summed E-state index contributed by atoms with van der Waals surface area (Å²) in [6, 6.07) is 0.298. The molecule has 0 radical (unpaired) electrons. The third-order valence-corrected chi connectivity index (χ3v) is 5.29. The van der Waals surface area contributed by atoms with E-state index in [2.05, 4.69) is 19.2 Å². The Morgan fingerprint density at radius 3 is 2.29 bits per heavy atom. The molecule has 0 bridgehead atoms. The maximum Gasteiger partial charge on any atom is 0.306 e. The SMILES string of the molecule is CCOC(=O)C[C@H]1CC[C@H](NC(=O)C2(C(C)C)CC2)CC1. The minimum atomic E-state index is -0.0817. The fourth-order valence-electron chi connectivity index (χ4n) is 3.50. The van der Waals surface area contributed by atoms with Crippen molar-refractivity contribution < 1.29 is 14.3 Å². The second-order valence-electron chi connectivity index (χ2n) is 7.01. The predicted molar refractivity (Wildman–Crippen MR) is 81.6 cm³/mol. The molecule has 4 nitrogen and oxygen atoms in total. The van der Waals surface area contributed by atoms with Crippen molar-refractivity contribution in [3.8, 4) is 0 Å². The summed E-state index contributed by atoms with van der Waals surface area (Å²) in [5, 5.41) is 3.25. The Labute approximate surface area is 128 Å². The number of ether oxygens (including phenoxy) is 1. The highest BCUT2D eigenvalue weighted by Crippen LogP contribution is 2.52. The molecule has 0 aliphatic heterocycles. The molecule has 120 valence electrons. The van der Waals surface area contributed by atoms with E-state index in [1.165, 1.54) is 0 Å². The molecule has 0 atom stereocenters. The quantitative estimate of drug-likeness (QED) is 0.766. The Bertz CT molecular complexity index is 379. The molecule has 2 rings (SSSR count). The summed E-state index contributed by atoms with van der Waals surface area (Å²) >= 11 is 0. The van der Waals surface area contributed by atoms with E-state index >= 15 is 0 Å². The van der Waals surface area contributed by atoms with Gasteiger partial charge in [0.2, 0.25) is 5.91 Å². The Kier molecular flexibility index (Phi) is 5.28. The van der Waals surface area contributed by atoms with Gasteiger partial charge in [0.05, 0.1) is 12.0 Å². The number of carbonyl (C=O) groups excluding carboxylic acids is 2. The van der Waals surface area contributed by atoms with Gasteiger partial charge in [-0.15, -0.1) is 0 Å². The Hall–Kier alpha value is -1.06. The molecule has 2 fully saturated rings. The van der Waals surface area contributed by atoms with E-state index in [4.69, 9.17) is 4.74 Å². The molecule has 0 unspecified atom stereocenters. The van der Waals surface area contributed by atoms with Crippen LogP contribution >= 0.6 is 0 Å². The van der Waals surface area contributed by atoms with Crippen molar-refractivity contribution in [1.29, 1.82) is 0 Å². The van der Waals surface area contributed by atoms with E-state index in [0.29, 0.717) is 30.9 Å². The van der Waals surface area contributed by atoms with Gasteiger partial charge in [-0.05, 0) is 57.3 Å². The number of hydrogen-bond donors (Lipinski definition) is 1. The molecular weight excluding hydrogens is 266 g/mol. The lowest BCUT2D eigenvalue weighted by atomic mass is 9.83.